The van der Waals surface area contributed by atoms with Crippen LogP contribution in [0, 0.1) is 6.92 Å². The molecule has 0 aliphatic carbocycles. The Labute approximate surface area is 129 Å². The third kappa shape index (κ3) is 3.55. The highest BCUT2D eigenvalue weighted by atomic mass is 16.5. The molecule has 0 saturated heterocycles. The molecule has 3 rings (SSSR count). The third-order valence-corrected chi connectivity index (χ3v) is 3.50. The molecular formula is C17H18N2O3. The molecule has 0 radical (unpaired) electrons. The summed E-state index contributed by atoms with van der Waals surface area (Å²) in [6, 6.07) is 13.4. The van der Waals surface area contributed by atoms with Gasteiger partial charge in [0.25, 0.3) is 0 Å². The van der Waals surface area contributed by atoms with E-state index in [1.54, 1.807) is 0 Å². The standard InChI is InChI=1S/C17H18N2O3/c1-12-7-8-14-9-15(11-21-16(14)18-12)19-17(20)22-10-13-5-3-2-4-6-13/h2-8,15H,9-11H2,1H3,(H,19,20). The number of aryl methyl sites for hydroxylation is 1. The summed E-state index contributed by atoms with van der Waals surface area (Å²) in [4.78, 5) is 16.2. The molecule has 0 fully saturated rings. The molecule has 2 heterocycles. The Hall–Kier alpha value is -2.56. The van der Waals surface area contributed by atoms with Crippen molar-refractivity contribution in [3.05, 3.63) is 59.3 Å². The lowest BCUT2D eigenvalue weighted by Gasteiger charge is -2.25. The second kappa shape index (κ2) is 6.47. The molecule has 5 nitrogen and oxygen atoms in total. The third-order valence-electron chi connectivity index (χ3n) is 3.50. The minimum atomic E-state index is -0.430. The second-order valence-corrected chi connectivity index (χ2v) is 5.34. The van der Waals surface area contributed by atoms with Crippen LogP contribution in [0.3, 0.4) is 0 Å². The maximum Gasteiger partial charge on any atom is 0.407 e. The molecule has 5 heteroatoms. The van der Waals surface area contributed by atoms with E-state index in [2.05, 4.69) is 10.3 Å². The van der Waals surface area contributed by atoms with Gasteiger partial charge in [0.1, 0.15) is 13.2 Å². The van der Waals surface area contributed by atoms with Gasteiger partial charge >= 0.3 is 6.09 Å². The van der Waals surface area contributed by atoms with E-state index in [1.165, 1.54) is 0 Å². The van der Waals surface area contributed by atoms with Gasteiger partial charge < -0.3 is 14.8 Å². The van der Waals surface area contributed by atoms with Crippen LogP contribution in [0.5, 0.6) is 5.88 Å². The van der Waals surface area contributed by atoms with Crippen molar-refractivity contribution in [2.24, 2.45) is 0 Å². The Morgan fingerprint density at radius 1 is 1.32 bits per heavy atom. The number of amides is 1. The number of nitrogens with zero attached hydrogens (tertiary/aromatic N) is 1. The molecule has 2 aromatic rings. The predicted octanol–water partition coefficient (Wildman–Crippen LogP) is 2.62. The average Bonchev–Trinajstić information content (AvgIpc) is 2.54. The van der Waals surface area contributed by atoms with Crippen molar-refractivity contribution in [1.82, 2.24) is 10.3 Å². The summed E-state index contributed by atoms with van der Waals surface area (Å²) in [5, 5.41) is 2.83. The van der Waals surface area contributed by atoms with Crippen LogP contribution in [-0.4, -0.2) is 23.7 Å². The first-order valence-electron chi connectivity index (χ1n) is 7.27. The molecule has 1 atom stereocenters. The molecule has 0 saturated carbocycles. The number of pyridine rings is 1. The van der Waals surface area contributed by atoms with Crippen LogP contribution in [0.15, 0.2) is 42.5 Å². The van der Waals surface area contributed by atoms with Crippen LogP contribution in [0.1, 0.15) is 16.8 Å². The van der Waals surface area contributed by atoms with Crippen molar-refractivity contribution in [2.75, 3.05) is 6.61 Å². The smallest absolute Gasteiger partial charge is 0.407 e. The van der Waals surface area contributed by atoms with Gasteiger partial charge in [-0.1, -0.05) is 36.4 Å². The Morgan fingerprint density at radius 2 is 2.14 bits per heavy atom. The summed E-state index contributed by atoms with van der Waals surface area (Å²) in [7, 11) is 0. The van der Waals surface area contributed by atoms with Gasteiger partial charge in [-0.25, -0.2) is 9.78 Å². The van der Waals surface area contributed by atoms with Crippen molar-refractivity contribution in [1.29, 1.82) is 0 Å². The van der Waals surface area contributed by atoms with Crippen LogP contribution in [0.4, 0.5) is 4.79 Å². The topological polar surface area (TPSA) is 60.5 Å². The zero-order valence-electron chi connectivity index (χ0n) is 12.4. The first-order chi connectivity index (χ1) is 10.7. The van der Waals surface area contributed by atoms with Crippen LogP contribution in [-0.2, 0) is 17.8 Å². The van der Waals surface area contributed by atoms with Crippen LogP contribution in [0.25, 0.3) is 0 Å². The fraction of sp³-hybridized carbons (Fsp3) is 0.294. The summed E-state index contributed by atoms with van der Waals surface area (Å²) in [6.07, 6.45) is 0.268. The van der Waals surface area contributed by atoms with Gasteiger partial charge in [0.05, 0.1) is 6.04 Å². The minimum absolute atomic E-state index is 0.0970. The lowest BCUT2D eigenvalue weighted by atomic mass is 10.1. The number of ether oxygens (including phenoxy) is 2. The summed E-state index contributed by atoms with van der Waals surface area (Å²) in [6.45, 7) is 2.59. The highest BCUT2D eigenvalue weighted by molar-refractivity contribution is 5.67. The van der Waals surface area contributed by atoms with Gasteiger partial charge in [-0.2, -0.15) is 0 Å². The van der Waals surface area contributed by atoms with Gasteiger partial charge in [-0.05, 0) is 18.6 Å². The number of aromatic nitrogens is 1. The van der Waals surface area contributed by atoms with Crippen LogP contribution >= 0.6 is 0 Å². The predicted molar refractivity (Wildman–Crippen MR) is 81.7 cm³/mol. The second-order valence-electron chi connectivity index (χ2n) is 5.34. The summed E-state index contributed by atoms with van der Waals surface area (Å²) < 4.78 is 10.8. The van der Waals surface area contributed by atoms with E-state index in [0.717, 1.165) is 16.8 Å². The number of benzene rings is 1. The van der Waals surface area contributed by atoms with E-state index in [0.29, 0.717) is 18.9 Å². The molecule has 1 aliphatic rings. The van der Waals surface area contributed by atoms with Gasteiger partial charge in [0.15, 0.2) is 0 Å². The molecular weight excluding hydrogens is 280 g/mol. The van der Waals surface area contributed by atoms with Crippen molar-refractivity contribution in [2.45, 2.75) is 26.0 Å². The van der Waals surface area contributed by atoms with E-state index in [9.17, 15) is 4.79 Å². The number of hydrogen-bond donors (Lipinski definition) is 1. The maximum atomic E-state index is 11.8. The SMILES string of the molecule is Cc1ccc2c(n1)OCC(NC(=O)OCc1ccccc1)C2. The van der Waals surface area contributed by atoms with Crippen molar-refractivity contribution < 1.29 is 14.3 Å². The monoisotopic (exact) mass is 298 g/mol. The zero-order valence-corrected chi connectivity index (χ0v) is 12.4. The molecule has 1 aliphatic heterocycles. The van der Waals surface area contributed by atoms with E-state index < -0.39 is 6.09 Å². The lowest BCUT2D eigenvalue weighted by molar-refractivity contribution is 0.128. The minimum Gasteiger partial charge on any atom is -0.475 e. The first kappa shape index (κ1) is 14.4. The Morgan fingerprint density at radius 3 is 2.95 bits per heavy atom. The van der Waals surface area contributed by atoms with E-state index in [-0.39, 0.29) is 12.6 Å². The lowest BCUT2D eigenvalue weighted by Crippen LogP contribution is -2.43. The van der Waals surface area contributed by atoms with Crippen LogP contribution in [0.2, 0.25) is 0 Å². The molecule has 114 valence electrons. The number of nitrogens with one attached hydrogen (secondary N) is 1. The van der Waals surface area contributed by atoms with Crippen molar-refractivity contribution in [3.63, 3.8) is 0 Å². The number of alkyl carbamates (subject to hydrolysis) is 1. The van der Waals surface area contributed by atoms with Gasteiger partial charge in [0, 0.05) is 17.7 Å². The Balaban J connectivity index is 1.51. The summed E-state index contributed by atoms with van der Waals surface area (Å²) in [5.74, 6) is 0.663. The Kier molecular flexibility index (Phi) is 4.23. The molecule has 1 N–H and O–H groups in total. The van der Waals surface area contributed by atoms with Gasteiger partial charge in [-0.15, -0.1) is 0 Å². The van der Waals surface area contributed by atoms with Crippen molar-refractivity contribution >= 4 is 6.09 Å². The number of carbonyl (C=O) groups is 1. The average molecular weight is 298 g/mol. The van der Waals surface area contributed by atoms with E-state index >= 15 is 0 Å². The first-order valence-corrected chi connectivity index (χ1v) is 7.27. The zero-order chi connectivity index (χ0) is 15.4. The normalized spacial score (nSPS) is 16.3. The highest BCUT2D eigenvalue weighted by Crippen LogP contribution is 2.22. The van der Waals surface area contributed by atoms with Gasteiger partial charge in [-0.3, -0.25) is 0 Å². The highest BCUT2D eigenvalue weighted by Gasteiger charge is 2.22. The van der Waals surface area contributed by atoms with E-state index in [4.69, 9.17) is 9.47 Å². The molecule has 1 aromatic carbocycles. The largest absolute Gasteiger partial charge is 0.475 e. The van der Waals surface area contributed by atoms with Crippen molar-refractivity contribution in [3.8, 4) is 5.88 Å². The quantitative estimate of drug-likeness (QED) is 0.946. The summed E-state index contributed by atoms with van der Waals surface area (Å²) in [5.41, 5.74) is 2.89. The molecule has 1 aromatic heterocycles. The number of hydrogen-bond acceptors (Lipinski definition) is 4. The number of carbonyl (C=O) groups excluding carboxylic acids is 1. The molecule has 1 unspecified atom stereocenters. The maximum absolute atomic E-state index is 11.8. The number of rotatable bonds is 3. The molecule has 0 bridgehead atoms. The fourth-order valence-corrected chi connectivity index (χ4v) is 2.37. The fourth-order valence-electron chi connectivity index (χ4n) is 2.37. The molecule has 1 amide bonds. The van der Waals surface area contributed by atoms with Crippen LogP contribution < -0.4 is 10.1 Å². The molecule has 22 heavy (non-hydrogen) atoms. The molecule has 0 spiro atoms. The summed E-state index contributed by atoms with van der Waals surface area (Å²) >= 11 is 0. The Bertz CT molecular complexity index is 658. The van der Waals surface area contributed by atoms with Gasteiger partial charge in [0.2, 0.25) is 5.88 Å². The van der Waals surface area contributed by atoms with E-state index in [1.807, 2.05) is 49.4 Å². The number of fused-ring (bicyclic) bond motifs is 1.